The van der Waals surface area contributed by atoms with E-state index < -0.39 is 23.8 Å². The van der Waals surface area contributed by atoms with Crippen molar-refractivity contribution in [3.8, 4) is 11.4 Å². The predicted molar refractivity (Wildman–Crippen MR) is 129 cm³/mol. The van der Waals surface area contributed by atoms with Crippen LogP contribution in [0.3, 0.4) is 0 Å². The lowest BCUT2D eigenvalue weighted by Gasteiger charge is -2.10. The summed E-state index contributed by atoms with van der Waals surface area (Å²) in [5.41, 5.74) is 1.49. The lowest BCUT2D eigenvalue weighted by molar-refractivity contribution is -0.145. The molecule has 0 amide bonds. The van der Waals surface area contributed by atoms with Gasteiger partial charge in [0.05, 0.1) is 12.8 Å². The predicted octanol–water partition coefficient (Wildman–Crippen LogP) is 2.20. The second-order valence-electron chi connectivity index (χ2n) is 8.11. The number of aromatic nitrogens is 5. The lowest BCUT2D eigenvalue weighted by Crippen LogP contribution is -2.41. The first-order chi connectivity index (χ1) is 16.9. The molecule has 0 aliphatic heterocycles. The number of aryl methyl sites for hydroxylation is 2. The van der Waals surface area contributed by atoms with Crippen molar-refractivity contribution in [3.63, 3.8) is 0 Å². The van der Waals surface area contributed by atoms with E-state index in [1.807, 2.05) is 66.1 Å². The molecule has 0 radical (unpaired) electrons. The number of hydrogen-bond donors (Lipinski definition) is 0. The molecule has 3 heterocycles. The number of fused-ring (bicyclic) bond motifs is 3. The Kier molecular flexibility index (Phi) is 5.48. The van der Waals surface area contributed by atoms with Gasteiger partial charge >= 0.3 is 11.7 Å². The van der Waals surface area contributed by atoms with E-state index >= 15 is 0 Å². The number of benzene rings is 2. The molecule has 178 valence electrons. The number of para-hydroxylation sites is 2. The summed E-state index contributed by atoms with van der Waals surface area (Å²) in [5, 5.41) is 0. The van der Waals surface area contributed by atoms with Crippen molar-refractivity contribution in [2.45, 2.75) is 20.1 Å². The van der Waals surface area contributed by atoms with Gasteiger partial charge in [-0.15, -0.1) is 0 Å². The van der Waals surface area contributed by atoms with E-state index in [9.17, 15) is 14.4 Å². The Balaban J connectivity index is 1.60. The largest absolute Gasteiger partial charge is 0.495 e. The van der Waals surface area contributed by atoms with E-state index in [4.69, 9.17) is 9.47 Å². The second-order valence-corrected chi connectivity index (χ2v) is 8.11. The van der Waals surface area contributed by atoms with Gasteiger partial charge in [0, 0.05) is 18.9 Å². The van der Waals surface area contributed by atoms with Crippen LogP contribution in [0.2, 0.25) is 0 Å². The number of methoxy groups -OCH3 is 1. The summed E-state index contributed by atoms with van der Waals surface area (Å²) in [6.07, 6.45) is 1.76. The highest BCUT2D eigenvalue weighted by Crippen LogP contribution is 2.27. The maximum atomic E-state index is 13.4. The molecular weight excluding hydrogens is 450 g/mol. The highest BCUT2D eigenvalue weighted by atomic mass is 16.5. The van der Waals surface area contributed by atoms with E-state index in [2.05, 4.69) is 4.98 Å². The average Bonchev–Trinajstić information content (AvgIpc) is 3.39. The fourth-order valence-electron chi connectivity index (χ4n) is 4.17. The first-order valence-corrected chi connectivity index (χ1v) is 10.9. The summed E-state index contributed by atoms with van der Waals surface area (Å²) < 4.78 is 16.4. The Labute approximate surface area is 199 Å². The van der Waals surface area contributed by atoms with Crippen molar-refractivity contribution in [2.24, 2.45) is 7.05 Å². The van der Waals surface area contributed by atoms with Crippen molar-refractivity contribution < 1.29 is 14.3 Å². The zero-order valence-electron chi connectivity index (χ0n) is 19.5. The van der Waals surface area contributed by atoms with Gasteiger partial charge in [-0.1, -0.05) is 42.5 Å². The molecule has 10 nitrogen and oxygen atoms in total. The van der Waals surface area contributed by atoms with E-state index in [0.29, 0.717) is 11.5 Å². The Hall–Kier alpha value is -4.60. The van der Waals surface area contributed by atoms with Crippen LogP contribution in [0.5, 0.6) is 5.75 Å². The number of carbonyl (C=O) groups excluding carboxylic acids is 1. The Morgan fingerprint density at radius 3 is 2.49 bits per heavy atom. The maximum absolute atomic E-state index is 13.4. The first kappa shape index (κ1) is 22.2. The van der Waals surface area contributed by atoms with Crippen LogP contribution < -0.4 is 16.0 Å². The summed E-state index contributed by atoms with van der Waals surface area (Å²) in [7, 11) is 3.10. The van der Waals surface area contributed by atoms with Gasteiger partial charge in [-0.25, -0.2) is 9.36 Å². The van der Waals surface area contributed by atoms with Gasteiger partial charge in [-0.3, -0.25) is 23.1 Å². The molecular formula is C25H23N5O5. The van der Waals surface area contributed by atoms with E-state index in [0.717, 1.165) is 21.5 Å². The minimum absolute atomic E-state index is 0.0505. The molecule has 10 heteroatoms. The Morgan fingerprint density at radius 1 is 1.03 bits per heavy atom. The number of esters is 1. The highest BCUT2D eigenvalue weighted by Gasteiger charge is 2.23. The van der Waals surface area contributed by atoms with Gasteiger partial charge in [0.2, 0.25) is 5.78 Å². The number of hydrogen-bond acceptors (Lipinski definition) is 6. The molecule has 2 aromatic carbocycles. The average molecular weight is 473 g/mol. The van der Waals surface area contributed by atoms with E-state index in [-0.39, 0.29) is 17.8 Å². The molecule has 0 unspecified atom stereocenters. The summed E-state index contributed by atoms with van der Waals surface area (Å²) in [6, 6.07) is 16.6. The maximum Gasteiger partial charge on any atom is 0.333 e. The van der Waals surface area contributed by atoms with Crippen LogP contribution in [0.15, 0.2) is 70.4 Å². The van der Waals surface area contributed by atoms with E-state index in [1.54, 1.807) is 17.7 Å². The topological polar surface area (TPSA) is 102 Å². The monoisotopic (exact) mass is 473 g/mol. The molecule has 0 spiro atoms. The molecule has 0 saturated heterocycles. The molecule has 0 atom stereocenters. The molecule has 5 rings (SSSR count). The quantitative estimate of drug-likeness (QED) is 0.351. The molecule has 0 aliphatic rings. The zero-order valence-corrected chi connectivity index (χ0v) is 19.5. The minimum atomic E-state index is -0.684. The SMILES string of the molecule is COc1ccccc1-n1c(C)cn2c3c(=O)n(CC(=O)OCc4ccccc4)c(=O)n(C)c3nc12. The van der Waals surface area contributed by atoms with Gasteiger partial charge in [0.25, 0.3) is 5.56 Å². The summed E-state index contributed by atoms with van der Waals surface area (Å²) in [4.78, 5) is 43.5. The third-order valence-electron chi connectivity index (χ3n) is 5.88. The molecule has 0 aliphatic carbocycles. The smallest absolute Gasteiger partial charge is 0.333 e. The zero-order chi connectivity index (χ0) is 24.7. The third kappa shape index (κ3) is 3.68. The first-order valence-electron chi connectivity index (χ1n) is 10.9. The van der Waals surface area contributed by atoms with Crippen molar-refractivity contribution >= 4 is 22.9 Å². The standard InChI is InChI=1S/C25H23N5O5/c1-16-13-28-21-22(26-24(28)30(16)18-11-7-8-12-19(18)34-3)27(2)25(33)29(23(21)32)14-20(31)35-15-17-9-5-4-6-10-17/h4-13H,14-15H2,1-3H3. The molecule has 0 saturated carbocycles. The van der Waals surface area contributed by atoms with Crippen molar-refractivity contribution in [1.82, 2.24) is 23.1 Å². The third-order valence-corrected chi connectivity index (χ3v) is 5.88. The van der Waals surface area contributed by atoms with Gasteiger partial charge < -0.3 is 9.47 Å². The van der Waals surface area contributed by atoms with Crippen LogP contribution in [-0.2, 0) is 29.7 Å². The van der Waals surface area contributed by atoms with Gasteiger partial charge in [0.1, 0.15) is 18.9 Å². The number of nitrogens with zero attached hydrogens (tertiary/aromatic N) is 5. The van der Waals surface area contributed by atoms with Crippen molar-refractivity contribution in [1.29, 1.82) is 0 Å². The number of imidazole rings is 2. The fourth-order valence-corrected chi connectivity index (χ4v) is 4.17. The van der Waals surface area contributed by atoms with Crippen LogP contribution in [-0.4, -0.2) is 36.2 Å². The Bertz CT molecular complexity index is 1690. The highest BCUT2D eigenvalue weighted by molar-refractivity contribution is 5.77. The molecule has 35 heavy (non-hydrogen) atoms. The van der Waals surface area contributed by atoms with Crippen LogP contribution in [0, 0.1) is 6.92 Å². The van der Waals surface area contributed by atoms with Crippen LogP contribution in [0.25, 0.3) is 22.6 Å². The van der Waals surface area contributed by atoms with E-state index in [1.165, 1.54) is 11.6 Å². The van der Waals surface area contributed by atoms with Crippen LogP contribution in [0.4, 0.5) is 0 Å². The minimum Gasteiger partial charge on any atom is -0.495 e. The molecule has 0 fully saturated rings. The molecule has 5 aromatic rings. The molecule has 0 bridgehead atoms. The van der Waals surface area contributed by atoms with Crippen LogP contribution >= 0.6 is 0 Å². The second kappa shape index (κ2) is 8.64. The summed E-state index contributed by atoms with van der Waals surface area (Å²) in [6.45, 7) is 1.43. The number of rotatable bonds is 6. The van der Waals surface area contributed by atoms with Gasteiger partial charge in [0.15, 0.2) is 11.2 Å². The fraction of sp³-hybridized carbons (Fsp3) is 0.200. The molecule has 3 aromatic heterocycles. The Morgan fingerprint density at radius 2 is 1.74 bits per heavy atom. The van der Waals surface area contributed by atoms with Crippen molar-refractivity contribution in [3.05, 3.63) is 92.9 Å². The van der Waals surface area contributed by atoms with Gasteiger partial charge in [-0.2, -0.15) is 4.98 Å². The van der Waals surface area contributed by atoms with Crippen LogP contribution in [0.1, 0.15) is 11.3 Å². The normalized spacial score (nSPS) is 11.3. The van der Waals surface area contributed by atoms with Gasteiger partial charge in [-0.05, 0) is 24.6 Å². The summed E-state index contributed by atoms with van der Waals surface area (Å²) in [5.74, 6) is 0.391. The number of ether oxygens (including phenoxy) is 2. The number of carbonyl (C=O) groups is 1. The summed E-state index contributed by atoms with van der Waals surface area (Å²) >= 11 is 0. The lowest BCUT2D eigenvalue weighted by atomic mass is 10.2. The van der Waals surface area contributed by atoms with Crippen molar-refractivity contribution in [2.75, 3.05) is 7.11 Å². The molecule has 0 N–H and O–H groups in total.